The summed E-state index contributed by atoms with van der Waals surface area (Å²) in [6, 6.07) is 15.4. The van der Waals surface area contributed by atoms with Gasteiger partial charge in [-0.25, -0.2) is 0 Å². The van der Waals surface area contributed by atoms with Crippen molar-refractivity contribution < 1.29 is 0 Å². The first-order valence-electron chi connectivity index (χ1n) is 6.07. The molecule has 3 aromatic carbocycles. The number of aryl methyl sites for hydroxylation is 3. The van der Waals surface area contributed by atoms with Crippen LogP contribution in [0, 0.1) is 20.8 Å². The summed E-state index contributed by atoms with van der Waals surface area (Å²) in [5.41, 5.74) is 4.12. The van der Waals surface area contributed by atoms with Crippen molar-refractivity contribution in [3.05, 3.63) is 59.2 Å². The number of fused-ring (bicyclic) bond motifs is 2. The third kappa shape index (κ3) is 1.44. The van der Waals surface area contributed by atoms with Gasteiger partial charge in [0.15, 0.2) is 0 Å². The molecule has 0 aliphatic heterocycles. The fraction of sp³-hybridized carbons (Fsp3) is 0.176. The molecule has 0 unspecified atom stereocenters. The van der Waals surface area contributed by atoms with Crippen LogP contribution in [0.2, 0.25) is 0 Å². The number of rotatable bonds is 0. The molecular weight excluding hydrogens is 204 g/mol. The van der Waals surface area contributed by atoms with Crippen molar-refractivity contribution in [2.45, 2.75) is 20.8 Å². The molecule has 0 amide bonds. The van der Waals surface area contributed by atoms with Gasteiger partial charge in [-0.05, 0) is 65.1 Å². The van der Waals surface area contributed by atoms with Gasteiger partial charge in [-0.3, -0.25) is 0 Å². The Morgan fingerprint density at radius 3 is 2.24 bits per heavy atom. The van der Waals surface area contributed by atoms with E-state index in [-0.39, 0.29) is 0 Å². The summed E-state index contributed by atoms with van der Waals surface area (Å²) < 4.78 is 0. The van der Waals surface area contributed by atoms with E-state index in [1.807, 2.05) is 0 Å². The van der Waals surface area contributed by atoms with Crippen LogP contribution < -0.4 is 0 Å². The quantitative estimate of drug-likeness (QED) is 0.472. The van der Waals surface area contributed by atoms with E-state index in [4.69, 9.17) is 0 Å². The highest BCUT2D eigenvalue weighted by Crippen LogP contribution is 2.31. The Balaban J connectivity index is 2.63. The molecule has 0 radical (unpaired) electrons. The van der Waals surface area contributed by atoms with Gasteiger partial charge >= 0.3 is 0 Å². The Bertz CT molecular complexity index is 721. The zero-order chi connectivity index (χ0) is 12.0. The molecule has 0 N–H and O–H groups in total. The summed E-state index contributed by atoms with van der Waals surface area (Å²) in [6.07, 6.45) is 0. The molecule has 0 nitrogen and oxygen atoms in total. The summed E-state index contributed by atoms with van der Waals surface area (Å²) in [5.74, 6) is 0. The van der Waals surface area contributed by atoms with Gasteiger partial charge < -0.3 is 0 Å². The molecule has 0 heteroatoms. The summed E-state index contributed by atoms with van der Waals surface area (Å²) in [7, 11) is 0. The lowest BCUT2D eigenvalue weighted by atomic mass is 9.93. The Hall–Kier alpha value is -1.82. The number of hydrogen-bond donors (Lipinski definition) is 0. The van der Waals surface area contributed by atoms with E-state index >= 15 is 0 Å². The van der Waals surface area contributed by atoms with Crippen molar-refractivity contribution >= 4 is 21.5 Å². The fourth-order valence-electron chi connectivity index (χ4n) is 2.81. The van der Waals surface area contributed by atoms with E-state index in [1.54, 1.807) is 0 Å². The SMILES string of the molecule is Cc1cccc2c(C)c3c(C)cccc3cc12. The van der Waals surface area contributed by atoms with E-state index in [0.29, 0.717) is 0 Å². The Kier molecular flexibility index (Phi) is 2.19. The lowest BCUT2D eigenvalue weighted by Gasteiger charge is -2.11. The monoisotopic (exact) mass is 220 g/mol. The van der Waals surface area contributed by atoms with Crippen molar-refractivity contribution in [2.24, 2.45) is 0 Å². The predicted molar refractivity (Wildman–Crippen MR) is 75.7 cm³/mol. The standard InChI is InChI=1S/C17H16/c1-11-6-5-9-15-13(3)17-12(2)7-4-8-14(17)10-16(11)15/h4-10H,1-3H3. The van der Waals surface area contributed by atoms with Crippen LogP contribution in [0.1, 0.15) is 16.7 Å². The predicted octanol–water partition coefficient (Wildman–Crippen LogP) is 4.92. The molecule has 0 atom stereocenters. The summed E-state index contributed by atoms with van der Waals surface area (Å²) in [4.78, 5) is 0. The molecule has 0 heterocycles. The maximum atomic E-state index is 2.32. The average Bonchev–Trinajstić information content (AvgIpc) is 2.31. The highest BCUT2D eigenvalue weighted by Gasteiger charge is 2.06. The first-order chi connectivity index (χ1) is 8.18. The van der Waals surface area contributed by atoms with Crippen LogP contribution >= 0.6 is 0 Å². The van der Waals surface area contributed by atoms with Gasteiger partial charge in [0, 0.05) is 0 Å². The summed E-state index contributed by atoms with van der Waals surface area (Å²) in [5, 5.41) is 5.52. The first-order valence-corrected chi connectivity index (χ1v) is 6.07. The molecule has 0 fully saturated rings. The van der Waals surface area contributed by atoms with Crippen molar-refractivity contribution in [3.63, 3.8) is 0 Å². The fourth-order valence-corrected chi connectivity index (χ4v) is 2.81. The van der Waals surface area contributed by atoms with Gasteiger partial charge in [0.05, 0.1) is 0 Å². The van der Waals surface area contributed by atoms with Crippen LogP contribution in [0.15, 0.2) is 42.5 Å². The van der Waals surface area contributed by atoms with Gasteiger partial charge in [0.2, 0.25) is 0 Å². The Morgan fingerprint density at radius 2 is 1.41 bits per heavy atom. The van der Waals surface area contributed by atoms with Crippen molar-refractivity contribution in [1.82, 2.24) is 0 Å². The molecule has 0 bridgehead atoms. The van der Waals surface area contributed by atoms with Gasteiger partial charge in [-0.1, -0.05) is 36.4 Å². The summed E-state index contributed by atoms with van der Waals surface area (Å²) >= 11 is 0. The van der Waals surface area contributed by atoms with Gasteiger partial charge in [0.1, 0.15) is 0 Å². The highest BCUT2D eigenvalue weighted by atomic mass is 14.1. The molecule has 3 aromatic rings. The van der Waals surface area contributed by atoms with Gasteiger partial charge in [0.25, 0.3) is 0 Å². The third-order valence-electron chi connectivity index (χ3n) is 3.71. The first kappa shape index (κ1) is 10.3. The Labute approximate surface area is 102 Å². The minimum Gasteiger partial charge on any atom is -0.0614 e. The van der Waals surface area contributed by atoms with E-state index in [0.717, 1.165) is 0 Å². The lowest BCUT2D eigenvalue weighted by Crippen LogP contribution is -1.87. The molecule has 84 valence electrons. The van der Waals surface area contributed by atoms with Crippen molar-refractivity contribution in [3.8, 4) is 0 Å². The van der Waals surface area contributed by atoms with Crippen LogP contribution in [0.4, 0.5) is 0 Å². The van der Waals surface area contributed by atoms with Crippen LogP contribution in [-0.2, 0) is 0 Å². The highest BCUT2D eigenvalue weighted by molar-refractivity contribution is 6.04. The van der Waals surface area contributed by atoms with Crippen LogP contribution in [-0.4, -0.2) is 0 Å². The van der Waals surface area contributed by atoms with Crippen LogP contribution in [0.3, 0.4) is 0 Å². The molecule has 17 heavy (non-hydrogen) atoms. The zero-order valence-corrected chi connectivity index (χ0v) is 10.5. The molecule has 0 spiro atoms. The number of benzene rings is 3. The molecule has 0 saturated carbocycles. The second kappa shape index (κ2) is 3.59. The second-order valence-electron chi connectivity index (χ2n) is 4.84. The normalized spacial score (nSPS) is 11.2. The number of hydrogen-bond acceptors (Lipinski definition) is 0. The molecule has 3 rings (SSSR count). The molecule has 0 aliphatic carbocycles. The van der Waals surface area contributed by atoms with E-state index < -0.39 is 0 Å². The van der Waals surface area contributed by atoms with Crippen molar-refractivity contribution in [1.29, 1.82) is 0 Å². The summed E-state index contributed by atoms with van der Waals surface area (Å²) in [6.45, 7) is 6.61. The minimum atomic E-state index is 1.35. The van der Waals surface area contributed by atoms with Crippen LogP contribution in [0.5, 0.6) is 0 Å². The average molecular weight is 220 g/mol. The van der Waals surface area contributed by atoms with Crippen molar-refractivity contribution in [2.75, 3.05) is 0 Å². The lowest BCUT2D eigenvalue weighted by molar-refractivity contribution is 1.47. The maximum absolute atomic E-state index is 2.32. The van der Waals surface area contributed by atoms with E-state index in [2.05, 4.69) is 63.2 Å². The topological polar surface area (TPSA) is 0 Å². The largest absolute Gasteiger partial charge is 0.0614 e. The second-order valence-corrected chi connectivity index (χ2v) is 4.84. The Morgan fingerprint density at radius 1 is 0.706 bits per heavy atom. The molecular formula is C17H16. The van der Waals surface area contributed by atoms with Gasteiger partial charge in [-0.15, -0.1) is 0 Å². The van der Waals surface area contributed by atoms with Gasteiger partial charge in [-0.2, -0.15) is 0 Å². The maximum Gasteiger partial charge on any atom is -0.0119 e. The molecule has 0 saturated heterocycles. The third-order valence-corrected chi connectivity index (χ3v) is 3.71. The minimum absolute atomic E-state index is 1.35. The smallest absolute Gasteiger partial charge is 0.0119 e. The van der Waals surface area contributed by atoms with Crippen LogP contribution in [0.25, 0.3) is 21.5 Å². The van der Waals surface area contributed by atoms with E-state index in [9.17, 15) is 0 Å². The molecule has 0 aromatic heterocycles. The zero-order valence-electron chi connectivity index (χ0n) is 10.5. The molecule has 0 aliphatic rings. The van der Waals surface area contributed by atoms with E-state index in [1.165, 1.54) is 38.2 Å².